The van der Waals surface area contributed by atoms with E-state index < -0.39 is 5.54 Å². The van der Waals surface area contributed by atoms with Gasteiger partial charge in [-0.05, 0) is 66.4 Å². The zero-order valence-electron chi connectivity index (χ0n) is 24.5. The van der Waals surface area contributed by atoms with Crippen LogP contribution in [-0.2, 0) is 19.8 Å². The number of amides is 1. The van der Waals surface area contributed by atoms with Gasteiger partial charge in [0, 0.05) is 55.2 Å². The molecule has 5 rings (SSSR count). The van der Waals surface area contributed by atoms with Crippen molar-refractivity contribution in [2.45, 2.75) is 96.1 Å². The summed E-state index contributed by atoms with van der Waals surface area (Å²) in [5.74, 6) is 0.839. The number of methoxy groups -OCH3 is 1. The van der Waals surface area contributed by atoms with Gasteiger partial charge in [-0.2, -0.15) is 5.10 Å². The topological polar surface area (TPSA) is 119 Å². The SMILES string of the molecule is COC[C@H](C)Nc1ncc2c(-c3cnn(C(C)(C)C(=O)N4C[C@@H](C)O[C@@H](C)C4)c3)cc([C@H]3CC[C@H](O)CC3)n2n1. The van der Waals surface area contributed by atoms with Gasteiger partial charge in [-0.1, -0.05) is 0 Å². The van der Waals surface area contributed by atoms with E-state index in [1.165, 1.54) is 0 Å². The van der Waals surface area contributed by atoms with Gasteiger partial charge in [0.05, 0.1) is 42.8 Å². The third-order valence-corrected chi connectivity index (χ3v) is 8.15. The van der Waals surface area contributed by atoms with Crippen LogP contribution in [0.4, 0.5) is 5.95 Å². The molecule has 0 aromatic carbocycles. The number of carbonyl (C=O) groups excluding carboxylic acids is 1. The first-order chi connectivity index (χ1) is 19.1. The third kappa shape index (κ3) is 5.73. The van der Waals surface area contributed by atoms with Gasteiger partial charge in [-0.15, -0.1) is 5.10 Å². The molecule has 3 aromatic heterocycles. The summed E-state index contributed by atoms with van der Waals surface area (Å²) in [5.41, 5.74) is 2.99. The molecule has 40 heavy (non-hydrogen) atoms. The Kier molecular flexibility index (Phi) is 8.17. The number of anilines is 1. The Bertz CT molecular complexity index is 1320. The predicted molar refractivity (Wildman–Crippen MR) is 152 cm³/mol. The molecule has 0 unspecified atom stereocenters. The van der Waals surface area contributed by atoms with E-state index in [-0.39, 0.29) is 36.2 Å². The monoisotopic (exact) mass is 553 g/mol. The van der Waals surface area contributed by atoms with E-state index in [0.29, 0.717) is 25.6 Å². The number of aromatic nitrogens is 5. The first kappa shape index (κ1) is 28.5. The largest absolute Gasteiger partial charge is 0.393 e. The van der Waals surface area contributed by atoms with Gasteiger partial charge in [0.25, 0.3) is 0 Å². The number of ether oxygens (including phenoxy) is 2. The molecule has 3 aromatic rings. The predicted octanol–water partition coefficient (Wildman–Crippen LogP) is 3.43. The van der Waals surface area contributed by atoms with Crippen molar-refractivity contribution in [1.29, 1.82) is 0 Å². The van der Waals surface area contributed by atoms with Crippen molar-refractivity contribution in [1.82, 2.24) is 29.3 Å². The van der Waals surface area contributed by atoms with E-state index in [4.69, 9.17) is 14.6 Å². The summed E-state index contributed by atoms with van der Waals surface area (Å²) in [6.45, 7) is 11.5. The van der Waals surface area contributed by atoms with E-state index in [1.807, 2.05) is 62.6 Å². The van der Waals surface area contributed by atoms with Crippen molar-refractivity contribution < 1.29 is 19.4 Å². The standard InChI is InChI=1S/C29H43N7O4/c1-18(17-39-6)32-28-30-13-26-24(11-25(36(26)33-28)21-7-9-23(37)10-8-21)22-12-31-35(16-22)29(4,5)27(38)34-14-19(2)40-20(3)15-34/h11-13,16,18-21,23,37H,7-10,14-15,17H2,1-6H3,(H,32,33)/t18-,19-,20+,21-,23-/m0/s1. The minimum atomic E-state index is -0.863. The van der Waals surface area contributed by atoms with Gasteiger partial charge in [-0.25, -0.2) is 9.50 Å². The van der Waals surface area contributed by atoms with Gasteiger partial charge in [0.1, 0.15) is 5.54 Å². The summed E-state index contributed by atoms with van der Waals surface area (Å²) in [4.78, 5) is 20.1. The Morgan fingerprint density at radius 1 is 1.20 bits per heavy atom. The summed E-state index contributed by atoms with van der Waals surface area (Å²) < 4.78 is 14.8. The van der Waals surface area contributed by atoms with Crippen molar-refractivity contribution >= 4 is 17.4 Å². The zero-order chi connectivity index (χ0) is 28.6. The Morgan fingerprint density at radius 2 is 1.90 bits per heavy atom. The van der Waals surface area contributed by atoms with Crippen molar-refractivity contribution in [3.05, 3.63) is 30.4 Å². The molecule has 3 atom stereocenters. The normalized spacial score (nSPS) is 24.8. The zero-order valence-corrected chi connectivity index (χ0v) is 24.5. The average molecular weight is 554 g/mol. The number of hydrogen-bond acceptors (Lipinski definition) is 8. The number of morpholine rings is 1. The first-order valence-corrected chi connectivity index (χ1v) is 14.4. The second kappa shape index (κ2) is 11.5. The molecular weight excluding hydrogens is 510 g/mol. The molecule has 1 amide bonds. The molecule has 2 aliphatic rings. The second-order valence-electron chi connectivity index (χ2n) is 12.1. The van der Waals surface area contributed by atoms with E-state index in [2.05, 4.69) is 21.5 Å². The van der Waals surface area contributed by atoms with Crippen LogP contribution in [0.3, 0.4) is 0 Å². The lowest BCUT2D eigenvalue weighted by atomic mass is 9.85. The van der Waals surface area contributed by atoms with Gasteiger partial charge < -0.3 is 24.8 Å². The summed E-state index contributed by atoms with van der Waals surface area (Å²) in [6.07, 6.45) is 8.73. The molecule has 11 heteroatoms. The van der Waals surface area contributed by atoms with Crippen LogP contribution in [0.25, 0.3) is 16.6 Å². The Labute approximate surface area is 235 Å². The quantitative estimate of drug-likeness (QED) is 0.436. The molecule has 1 aliphatic heterocycles. The van der Waals surface area contributed by atoms with Crippen molar-refractivity contribution in [3.8, 4) is 11.1 Å². The Balaban J connectivity index is 1.48. The van der Waals surface area contributed by atoms with E-state index >= 15 is 0 Å². The molecule has 4 heterocycles. The van der Waals surface area contributed by atoms with Gasteiger partial charge >= 0.3 is 0 Å². The van der Waals surface area contributed by atoms with Crippen LogP contribution in [0.15, 0.2) is 24.7 Å². The first-order valence-electron chi connectivity index (χ1n) is 14.4. The number of nitrogens with zero attached hydrogens (tertiary/aromatic N) is 6. The highest BCUT2D eigenvalue weighted by Gasteiger charge is 2.38. The lowest BCUT2D eigenvalue weighted by Gasteiger charge is -2.39. The van der Waals surface area contributed by atoms with E-state index in [9.17, 15) is 9.90 Å². The minimum Gasteiger partial charge on any atom is -0.393 e. The Morgan fingerprint density at radius 3 is 2.58 bits per heavy atom. The number of nitrogens with one attached hydrogen (secondary N) is 1. The molecule has 11 nitrogen and oxygen atoms in total. The number of aliphatic hydroxyl groups is 1. The van der Waals surface area contributed by atoms with Crippen LogP contribution in [-0.4, -0.2) is 91.5 Å². The highest BCUT2D eigenvalue weighted by molar-refractivity contribution is 5.85. The van der Waals surface area contributed by atoms with Crippen molar-refractivity contribution in [2.24, 2.45) is 0 Å². The number of rotatable bonds is 8. The number of carbonyl (C=O) groups is 1. The molecule has 218 valence electrons. The molecule has 2 N–H and O–H groups in total. The number of hydrogen-bond donors (Lipinski definition) is 2. The van der Waals surface area contributed by atoms with Crippen molar-refractivity contribution in [2.75, 3.05) is 32.1 Å². The van der Waals surface area contributed by atoms with Crippen molar-refractivity contribution in [3.63, 3.8) is 0 Å². The molecule has 1 saturated carbocycles. The molecular formula is C29H43N7O4. The number of aliphatic hydroxyl groups excluding tert-OH is 1. The molecule has 0 radical (unpaired) electrons. The highest BCUT2D eigenvalue weighted by atomic mass is 16.5. The van der Waals surface area contributed by atoms with Gasteiger partial charge in [-0.3, -0.25) is 9.48 Å². The molecule has 0 spiro atoms. The summed E-state index contributed by atoms with van der Waals surface area (Å²) >= 11 is 0. The maximum atomic E-state index is 13.6. The molecule has 0 bridgehead atoms. The molecule has 2 fully saturated rings. The van der Waals surface area contributed by atoms with Crippen LogP contribution in [0.5, 0.6) is 0 Å². The van der Waals surface area contributed by atoms with Crippen LogP contribution in [0, 0.1) is 0 Å². The third-order valence-electron chi connectivity index (χ3n) is 8.15. The van der Waals surface area contributed by atoms with Crippen LogP contribution in [0.2, 0.25) is 0 Å². The van der Waals surface area contributed by atoms with E-state index in [0.717, 1.165) is 48.0 Å². The highest BCUT2D eigenvalue weighted by Crippen LogP contribution is 2.38. The smallest absolute Gasteiger partial charge is 0.250 e. The van der Waals surface area contributed by atoms with E-state index in [1.54, 1.807) is 11.8 Å². The fourth-order valence-electron chi connectivity index (χ4n) is 6.08. The van der Waals surface area contributed by atoms with Crippen LogP contribution in [0.1, 0.15) is 71.9 Å². The average Bonchev–Trinajstić information content (AvgIpc) is 3.54. The fraction of sp³-hybridized carbons (Fsp3) is 0.655. The van der Waals surface area contributed by atoms with Crippen LogP contribution >= 0.6 is 0 Å². The minimum absolute atomic E-state index is 0.000535. The lowest BCUT2D eigenvalue weighted by molar-refractivity contribution is -0.151. The molecule has 1 aliphatic carbocycles. The van der Waals surface area contributed by atoms with Crippen LogP contribution < -0.4 is 5.32 Å². The summed E-state index contributed by atoms with van der Waals surface area (Å²) in [6, 6.07) is 2.23. The van der Waals surface area contributed by atoms with Gasteiger partial charge in [0.2, 0.25) is 11.9 Å². The maximum absolute atomic E-state index is 13.6. The Hall–Kier alpha value is -3.02. The summed E-state index contributed by atoms with van der Waals surface area (Å²) in [7, 11) is 1.67. The lowest BCUT2D eigenvalue weighted by Crippen LogP contribution is -2.54. The van der Waals surface area contributed by atoms with Gasteiger partial charge in [0.15, 0.2) is 0 Å². The fourth-order valence-corrected chi connectivity index (χ4v) is 6.08. The maximum Gasteiger partial charge on any atom is 0.250 e. The number of fused-ring (bicyclic) bond motifs is 1. The summed E-state index contributed by atoms with van der Waals surface area (Å²) in [5, 5.41) is 23.0. The second-order valence-corrected chi connectivity index (χ2v) is 12.1. The molecule has 1 saturated heterocycles.